The minimum atomic E-state index is 0. The standard InChI is InChI=1S/C18H21N5S2.HI/c1-12-9-20-16(24-12)11-22-18(19-3)21-10-15-13(2)23-17(25-15)14-7-5-4-6-8-14;/h4-9H,10-11H2,1-3H3,(H2,19,21,22);1H. The number of halogens is 1. The Balaban J connectivity index is 0.00000243. The normalized spacial score (nSPS) is 11.1. The summed E-state index contributed by atoms with van der Waals surface area (Å²) in [6.45, 7) is 5.49. The predicted molar refractivity (Wildman–Crippen MR) is 122 cm³/mol. The molecule has 2 heterocycles. The van der Waals surface area contributed by atoms with E-state index in [1.807, 2.05) is 24.4 Å². The minimum absolute atomic E-state index is 0. The fourth-order valence-corrected chi connectivity index (χ4v) is 4.06. The molecule has 0 spiro atoms. The Morgan fingerprint density at radius 2 is 1.81 bits per heavy atom. The third-order valence-corrected chi connectivity index (χ3v) is 5.75. The second-order valence-corrected chi connectivity index (χ2v) is 7.94. The monoisotopic (exact) mass is 499 g/mol. The quantitative estimate of drug-likeness (QED) is 0.311. The lowest BCUT2D eigenvalue weighted by atomic mass is 10.2. The first-order chi connectivity index (χ1) is 12.2. The summed E-state index contributed by atoms with van der Waals surface area (Å²) >= 11 is 3.41. The summed E-state index contributed by atoms with van der Waals surface area (Å²) in [6.07, 6.45) is 1.89. The van der Waals surface area contributed by atoms with Gasteiger partial charge >= 0.3 is 0 Å². The van der Waals surface area contributed by atoms with Crippen molar-refractivity contribution >= 4 is 52.6 Å². The van der Waals surface area contributed by atoms with Crippen LogP contribution in [-0.4, -0.2) is 23.0 Å². The van der Waals surface area contributed by atoms with Crippen LogP contribution >= 0.6 is 46.7 Å². The molecule has 26 heavy (non-hydrogen) atoms. The molecule has 0 saturated carbocycles. The van der Waals surface area contributed by atoms with Gasteiger partial charge < -0.3 is 10.6 Å². The predicted octanol–water partition coefficient (Wildman–Crippen LogP) is 4.37. The van der Waals surface area contributed by atoms with Gasteiger partial charge in [0.1, 0.15) is 10.0 Å². The molecule has 2 aromatic heterocycles. The van der Waals surface area contributed by atoms with Crippen LogP contribution in [0.2, 0.25) is 0 Å². The Labute approximate surface area is 179 Å². The first kappa shape index (κ1) is 20.8. The molecule has 0 aliphatic carbocycles. The van der Waals surface area contributed by atoms with Crippen LogP contribution in [-0.2, 0) is 13.1 Å². The van der Waals surface area contributed by atoms with Gasteiger partial charge in [-0.15, -0.1) is 46.7 Å². The van der Waals surface area contributed by atoms with Crippen molar-refractivity contribution < 1.29 is 0 Å². The van der Waals surface area contributed by atoms with Gasteiger partial charge in [-0.25, -0.2) is 9.97 Å². The summed E-state index contributed by atoms with van der Waals surface area (Å²) in [7, 11) is 1.78. The SMILES string of the molecule is CN=C(NCc1ncc(C)s1)NCc1sc(-c2ccccc2)nc1C.I. The van der Waals surface area contributed by atoms with E-state index in [4.69, 9.17) is 4.98 Å². The average molecular weight is 499 g/mol. The van der Waals surface area contributed by atoms with Crippen molar-refractivity contribution in [3.63, 3.8) is 0 Å². The topological polar surface area (TPSA) is 62.2 Å². The Bertz CT molecular complexity index is 858. The van der Waals surface area contributed by atoms with E-state index in [0.29, 0.717) is 13.1 Å². The van der Waals surface area contributed by atoms with Gasteiger partial charge in [0.2, 0.25) is 0 Å². The highest BCUT2D eigenvalue weighted by molar-refractivity contribution is 14.0. The van der Waals surface area contributed by atoms with Gasteiger partial charge in [0.25, 0.3) is 0 Å². The number of aliphatic imine (C=N–C) groups is 1. The van der Waals surface area contributed by atoms with E-state index >= 15 is 0 Å². The maximum absolute atomic E-state index is 4.69. The van der Waals surface area contributed by atoms with Crippen LogP contribution in [0, 0.1) is 13.8 Å². The van der Waals surface area contributed by atoms with Crippen LogP contribution in [0.1, 0.15) is 20.5 Å². The van der Waals surface area contributed by atoms with Crippen LogP contribution < -0.4 is 10.6 Å². The minimum Gasteiger partial charge on any atom is -0.351 e. The molecule has 0 amide bonds. The number of benzene rings is 1. The zero-order chi connectivity index (χ0) is 17.6. The number of aromatic nitrogens is 2. The fourth-order valence-electron chi connectivity index (χ4n) is 2.32. The summed E-state index contributed by atoms with van der Waals surface area (Å²) in [4.78, 5) is 15.8. The molecule has 2 N–H and O–H groups in total. The summed E-state index contributed by atoms with van der Waals surface area (Å²) in [5, 5.41) is 8.76. The Kier molecular flexibility index (Phi) is 7.98. The van der Waals surface area contributed by atoms with Crippen molar-refractivity contribution in [1.82, 2.24) is 20.6 Å². The Hall–Kier alpha value is -1.52. The van der Waals surface area contributed by atoms with Crippen LogP contribution in [0.5, 0.6) is 0 Å². The zero-order valence-electron chi connectivity index (χ0n) is 14.9. The molecule has 5 nitrogen and oxygen atoms in total. The highest BCUT2D eigenvalue weighted by atomic mass is 127. The van der Waals surface area contributed by atoms with E-state index in [-0.39, 0.29) is 24.0 Å². The van der Waals surface area contributed by atoms with Crippen molar-refractivity contribution in [2.24, 2.45) is 4.99 Å². The Morgan fingerprint density at radius 1 is 1.08 bits per heavy atom. The molecular formula is C18H22IN5S2. The second kappa shape index (κ2) is 9.98. The van der Waals surface area contributed by atoms with Crippen molar-refractivity contribution in [3.05, 3.63) is 57.0 Å². The third-order valence-electron chi connectivity index (χ3n) is 3.63. The lowest BCUT2D eigenvalue weighted by Crippen LogP contribution is -2.36. The number of hydrogen-bond acceptors (Lipinski definition) is 5. The van der Waals surface area contributed by atoms with Gasteiger partial charge in [-0.1, -0.05) is 30.3 Å². The van der Waals surface area contributed by atoms with E-state index in [2.05, 4.69) is 46.6 Å². The zero-order valence-corrected chi connectivity index (χ0v) is 18.9. The smallest absolute Gasteiger partial charge is 0.191 e. The van der Waals surface area contributed by atoms with Gasteiger partial charge in [-0.3, -0.25) is 4.99 Å². The molecule has 0 radical (unpaired) electrons. The molecule has 3 aromatic rings. The van der Waals surface area contributed by atoms with Crippen molar-refractivity contribution in [2.45, 2.75) is 26.9 Å². The molecule has 0 aliphatic heterocycles. The number of rotatable bonds is 5. The van der Waals surface area contributed by atoms with E-state index < -0.39 is 0 Å². The third kappa shape index (κ3) is 5.49. The number of aryl methyl sites for hydroxylation is 2. The molecule has 3 rings (SSSR count). The number of guanidine groups is 1. The lowest BCUT2D eigenvalue weighted by molar-refractivity contribution is 0.807. The largest absolute Gasteiger partial charge is 0.351 e. The van der Waals surface area contributed by atoms with Gasteiger partial charge in [-0.05, 0) is 13.8 Å². The molecule has 0 aliphatic rings. The number of thiazole rings is 2. The highest BCUT2D eigenvalue weighted by Gasteiger charge is 2.10. The molecule has 0 fully saturated rings. The Morgan fingerprint density at radius 3 is 2.46 bits per heavy atom. The van der Waals surface area contributed by atoms with Crippen LogP contribution in [0.15, 0.2) is 41.5 Å². The summed E-state index contributed by atoms with van der Waals surface area (Å²) < 4.78 is 0. The molecule has 1 aromatic carbocycles. The van der Waals surface area contributed by atoms with Gasteiger partial charge in [0.15, 0.2) is 5.96 Å². The molecule has 0 bridgehead atoms. The molecule has 8 heteroatoms. The maximum atomic E-state index is 4.69. The molecular weight excluding hydrogens is 477 g/mol. The second-order valence-electron chi connectivity index (χ2n) is 5.54. The van der Waals surface area contributed by atoms with E-state index in [1.54, 1.807) is 29.7 Å². The maximum Gasteiger partial charge on any atom is 0.191 e. The highest BCUT2D eigenvalue weighted by Crippen LogP contribution is 2.27. The van der Waals surface area contributed by atoms with Gasteiger partial charge in [-0.2, -0.15) is 0 Å². The van der Waals surface area contributed by atoms with Crippen LogP contribution in [0.3, 0.4) is 0 Å². The summed E-state index contributed by atoms with van der Waals surface area (Å²) in [6, 6.07) is 10.3. The van der Waals surface area contributed by atoms with E-state index in [0.717, 1.165) is 27.2 Å². The average Bonchev–Trinajstić information content (AvgIpc) is 3.21. The number of hydrogen-bond donors (Lipinski definition) is 2. The fraction of sp³-hybridized carbons (Fsp3) is 0.278. The summed E-state index contributed by atoms with van der Waals surface area (Å²) in [5.74, 6) is 0.766. The van der Waals surface area contributed by atoms with Crippen molar-refractivity contribution in [3.8, 4) is 10.6 Å². The van der Waals surface area contributed by atoms with Crippen LogP contribution in [0.25, 0.3) is 10.6 Å². The number of nitrogens with zero attached hydrogens (tertiary/aromatic N) is 3. The van der Waals surface area contributed by atoms with E-state index in [9.17, 15) is 0 Å². The number of nitrogens with one attached hydrogen (secondary N) is 2. The molecule has 0 atom stereocenters. The molecule has 0 unspecified atom stereocenters. The van der Waals surface area contributed by atoms with E-state index in [1.165, 1.54) is 9.75 Å². The van der Waals surface area contributed by atoms with Crippen molar-refractivity contribution in [2.75, 3.05) is 7.05 Å². The molecule has 138 valence electrons. The van der Waals surface area contributed by atoms with Gasteiger partial charge in [0, 0.05) is 28.6 Å². The van der Waals surface area contributed by atoms with Gasteiger partial charge in [0.05, 0.1) is 18.8 Å². The van der Waals surface area contributed by atoms with Crippen molar-refractivity contribution in [1.29, 1.82) is 0 Å². The van der Waals surface area contributed by atoms with Crippen LogP contribution in [0.4, 0.5) is 0 Å². The molecule has 0 saturated heterocycles. The summed E-state index contributed by atoms with van der Waals surface area (Å²) in [5.41, 5.74) is 2.21. The first-order valence-corrected chi connectivity index (χ1v) is 9.66. The first-order valence-electron chi connectivity index (χ1n) is 8.03. The lowest BCUT2D eigenvalue weighted by Gasteiger charge is -2.10.